The lowest BCUT2D eigenvalue weighted by Crippen LogP contribution is -2.19. The number of benzene rings is 1. The second-order valence-corrected chi connectivity index (χ2v) is 7.32. The molecular weight excluding hydrogens is 258 g/mol. The maximum Gasteiger partial charge on any atom is 0.113 e. The standard InChI is InChI=1S/C18H21N3/c1-18(2)9-3-4-14(18)17-20-15-10-12(11-19)5-8-16(15)21(17)13-6-7-13/h5,8,10,13-14H,3-4,6-7,9H2,1-2H3. The molecule has 3 heteroatoms. The van der Waals surface area contributed by atoms with Gasteiger partial charge in [0.1, 0.15) is 5.82 Å². The zero-order valence-corrected chi connectivity index (χ0v) is 12.8. The number of hydrogen-bond acceptors (Lipinski definition) is 2. The summed E-state index contributed by atoms with van der Waals surface area (Å²) >= 11 is 0. The summed E-state index contributed by atoms with van der Waals surface area (Å²) in [5.41, 5.74) is 3.26. The van der Waals surface area contributed by atoms with E-state index in [-0.39, 0.29) is 0 Å². The summed E-state index contributed by atoms with van der Waals surface area (Å²) in [7, 11) is 0. The third-order valence-corrected chi connectivity index (χ3v) is 5.33. The molecule has 2 saturated carbocycles. The average molecular weight is 279 g/mol. The first kappa shape index (κ1) is 12.9. The van der Waals surface area contributed by atoms with Gasteiger partial charge in [0.15, 0.2) is 0 Å². The average Bonchev–Trinajstić information content (AvgIpc) is 3.14. The molecule has 0 radical (unpaired) electrons. The van der Waals surface area contributed by atoms with E-state index in [4.69, 9.17) is 10.2 Å². The van der Waals surface area contributed by atoms with Crippen LogP contribution in [0.1, 0.15) is 69.3 Å². The van der Waals surface area contributed by atoms with E-state index in [0.29, 0.717) is 22.9 Å². The summed E-state index contributed by atoms with van der Waals surface area (Å²) in [6.45, 7) is 4.75. The summed E-state index contributed by atoms with van der Waals surface area (Å²) in [5.74, 6) is 1.82. The highest BCUT2D eigenvalue weighted by atomic mass is 15.1. The Labute approximate surface area is 125 Å². The third-order valence-electron chi connectivity index (χ3n) is 5.33. The van der Waals surface area contributed by atoms with Gasteiger partial charge in [-0.2, -0.15) is 5.26 Å². The van der Waals surface area contributed by atoms with E-state index in [1.165, 1.54) is 43.4 Å². The van der Waals surface area contributed by atoms with Crippen LogP contribution < -0.4 is 0 Å². The second kappa shape index (κ2) is 4.34. The molecule has 0 amide bonds. The number of hydrogen-bond donors (Lipinski definition) is 0. The topological polar surface area (TPSA) is 41.6 Å². The molecule has 3 nitrogen and oxygen atoms in total. The smallest absolute Gasteiger partial charge is 0.113 e. The van der Waals surface area contributed by atoms with E-state index in [1.807, 2.05) is 12.1 Å². The molecule has 2 aromatic rings. The Bertz CT molecular complexity index is 744. The van der Waals surface area contributed by atoms with Crippen LogP contribution in [0.15, 0.2) is 18.2 Å². The Morgan fingerprint density at radius 3 is 2.71 bits per heavy atom. The van der Waals surface area contributed by atoms with Gasteiger partial charge in [-0.05, 0) is 49.3 Å². The van der Waals surface area contributed by atoms with Crippen LogP contribution in [0.5, 0.6) is 0 Å². The normalized spacial score (nSPS) is 24.3. The van der Waals surface area contributed by atoms with Crippen LogP contribution in [0.25, 0.3) is 11.0 Å². The molecule has 0 aliphatic heterocycles. The lowest BCUT2D eigenvalue weighted by molar-refractivity contribution is 0.316. The molecule has 1 aromatic heterocycles. The molecule has 2 aliphatic carbocycles. The second-order valence-electron chi connectivity index (χ2n) is 7.32. The molecule has 108 valence electrons. The molecule has 0 saturated heterocycles. The van der Waals surface area contributed by atoms with Crippen LogP contribution in [0.2, 0.25) is 0 Å². The molecule has 1 heterocycles. The minimum absolute atomic E-state index is 0.339. The van der Waals surface area contributed by atoms with Crippen molar-refractivity contribution < 1.29 is 0 Å². The van der Waals surface area contributed by atoms with Gasteiger partial charge in [-0.1, -0.05) is 20.3 Å². The van der Waals surface area contributed by atoms with Crippen molar-refractivity contribution in [3.63, 3.8) is 0 Å². The Morgan fingerprint density at radius 2 is 2.10 bits per heavy atom. The van der Waals surface area contributed by atoms with Gasteiger partial charge in [-0.25, -0.2) is 4.98 Å². The summed E-state index contributed by atoms with van der Waals surface area (Å²) < 4.78 is 2.48. The molecule has 2 fully saturated rings. The lowest BCUT2D eigenvalue weighted by Gasteiger charge is -2.27. The van der Waals surface area contributed by atoms with Crippen LogP contribution in [0, 0.1) is 16.7 Å². The Kier molecular flexibility index (Phi) is 2.66. The van der Waals surface area contributed by atoms with Gasteiger partial charge in [0.05, 0.1) is 22.7 Å². The van der Waals surface area contributed by atoms with E-state index >= 15 is 0 Å². The van der Waals surface area contributed by atoms with Crippen molar-refractivity contribution in [3.05, 3.63) is 29.6 Å². The van der Waals surface area contributed by atoms with E-state index in [2.05, 4.69) is 30.6 Å². The maximum atomic E-state index is 9.10. The molecule has 0 bridgehead atoms. The lowest BCUT2D eigenvalue weighted by atomic mass is 9.81. The molecule has 2 aliphatic rings. The monoisotopic (exact) mass is 279 g/mol. The number of imidazole rings is 1. The summed E-state index contributed by atoms with van der Waals surface area (Å²) in [6.07, 6.45) is 6.37. The van der Waals surface area contributed by atoms with Gasteiger partial charge in [0.25, 0.3) is 0 Å². The Morgan fingerprint density at radius 1 is 1.29 bits per heavy atom. The fraction of sp³-hybridized carbons (Fsp3) is 0.556. The summed E-state index contributed by atoms with van der Waals surface area (Å²) in [6, 6.07) is 8.82. The van der Waals surface area contributed by atoms with Crippen molar-refractivity contribution in [1.82, 2.24) is 9.55 Å². The molecular formula is C18H21N3. The van der Waals surface area contributed by atoms with Gasteiger partial charge in [-0.3, -0.25) is 0 Å². The van der Waals surface area contributed by atoms with Gasteiger partial charge in [0.2, 0.25) is 0 Å². The van der Waals surface area contributed by atoms with Crippen LogP contribution >= 0.6 is 0 Å². The predicted octanol–water partition coefficient (Wildman–Crippen LogP) is 4.54. The fourth-order valence-corrected chi connectivity index (χ4v) is 3.95. The zero-order chi connectivity index (χ0) is 14.6. The number of aromatic nitrogens is 2. The third kappa shape index (κ3) is 1.97. The predicted molar refractivity (Wildman–Crippen MR) is 83.1 cm³/mol. The van der Waals surface area contributed by atoms with E-state index < -0.39 is 0 Å². The number of nitrogens with zero attached hydrogens (tertiary/aromatic N) is 3. The first-order chi connectivity index (χ1) is 10.1. The zero-order valence-electron chi connectivity index (χ0n) is 12.8. The molecule has 1 atom stereocenters. The minimum atomic E-state index is 0.339. The number of nitriles is 1. The highest BCUT2D eigenvalue weighted by molar-refractivity contribution is 5.78. The highest BCUT2D eigenvalue weighted by Gasteiger charge is 2.40. The van der Waals surface area contributed by atoms with Crippen LogP contribution in [-0.4, -0.2) is 9.55 Å². The van der Waals surface area contributed by atoms with Crippen molar-refractivity contribution in [2.24, 2.45) is 5.41 Å². The van der Waals surface area contributed by atoms with Crippen LogP contribution in [-0.2, 0) is 0 Å². The van der Waals surface area contributed by atoms with Crippen LogP contribution in [0.3, 0.4) is 0 Å². The quantitative estimate of drug-likeness (QED) is 0.810. The SMILES string of the molecule is CC1(C)CCCC1c1nc2cc(C#N)ccc2n1C1CC1. The number of fused-ring (bicyclic) bond motifs is 1. The molecule has 0 spiro atoms. The maximum absolute atomic E-state index is 9.10. The first-order valence-corrected chi connectivity index (χ1v) is 8.02. The van der Waals surface area contributed by atoms with Gasteiger partial charge < -0.3 is 4.57 Å². The Balaban J connectivity index is 1.92. The molecule has 21 heavy (non-hydrogen) atoms. The van der Waals surface area contributed by atoms with Gasteiger partial charge >= 0.3 is 0 Å². The van der Waals surface area contributed by atoms with Gasteiger partial charge in [0, 0.05) is 12.0 Å². The van der Waals surface area contributed by atoms with Gasteiger partial charge in [-0.15, -0.1) is 0 Å². The van der Waals surface area contributed by atoms with Crippen molar-refractivity contribution in [2.75, 3.05) is 0 Å². The first-order valence-electron chi connectivity index (χ1n) is 8.02. The Hall–Kier alpha value is -1.82. The molecule has 1 unspecified atom stereocenters. The van der Waals surface area contributed by atoms with E-state index in [0.717, 1.165) is 5.52 Å². The largest absolute Gasteiger partial charge is 0.325 e. The summed E-state index contributed by atoms with van der Waals surface area (Å²) in [4.78, 5) is 4.97. The highest BCUT2D eigenvalue weighted by Crippen LogP contribution is 2.51. The molecule has 1 aromatic carbocycles. The van der Waals surface area contributed by atoms with Crippen molar-refractivity contribution in [1.29, 1.82) is 5.26 Å². The van der Waals surface area contributed by atoms with Crippen molar-refractivity contribution in [3.8, 4) is 6.07 Å². The van der Waals surface area contributed by atoms with Crippen molar-refractivity contribution >= 4 is 11.0 Å². The van der Waals surface area contributed by atoms with Crippen LogP contribution in [0.4, 0.5) is 0 Å². The molecule has 4 rings (SSSR count). The van der Waals surface area contributed by atoms with Crippen molar-refractivity contribution in [2.45, 2.75) is 57.9 Å². The van der Waals surface area contributed by atoms with E-state index in [1.54, 1.807) is 0 Å². The minimum Gasteiger partial charge on any atom is -0.325 e. The number of rotatable bonds is 2. The fourth-order valence-electron chi connectivity index (χ4n) is 3.95. The molecule has 0 N–H and O–H groups in total. The van der Waals surface area contributed by atoms with E-state index in [9.17, 15) is 0 Å². The summed E-state index contributed by atoms with van der Waals surface area (Å²) in [5, 5.41) is 9.10.